The van der Waals surface area contributed by atoms with E-state index in [9.17, 15) is 18.0 Å². The lowest BCUT2D eigenvalue weighted by atomic mass is 10.1. The van der Waals surface area contributed by atoms with Gasteiger partial charge in [-0.05, 0) is 61.2 Å². The maximum absolute atomic E-state index is 12.9. The van der Waals surface area contributed by atoms with E-state index in [2.05, 4.69) is 15.5 Å². The largest absolute Gasteiger partial charge is 0.356 e. The molecule has 4 rings (SSSR count). The summed E-state index contributed by atoms with van der Waals surface area (Å²) in [7, 11) is -3.72. The number of fused-ring (bicyclic) bond motifs is 1. The van der Waals surface area contributed by atoms with Gasteiger partial charge in [0.1, 0.15) is 5.82 Å². The Morgan fingerprint density at radius 2 is 1.74 bits per heavy atom. The molecule has 4 aromatic rings. The highest BCUT2D eigenvalue weighted by atomic mass is 32.2. The molecule has 0 bridgehead atoms. The Balaban J connectivity index is 1.36. The van der Waals surface area contributed by atoms with Crippen LogP contribution in [0.3, 0.4) is 0 Å². The third-order valence-corrected chi connectivity index (χ3v) is 6.80. The van der Waals surface area contributed by atoms with E-state index in [0.29, 0.717) is 25.2 Å². The number of nitrogens with zero attached hydrogens (tertiary/aromatic N) is 4. The molecule has 0 spiro atoms. The maximum atomic E-state index is 12.9. The van der Waals surface area contributed by atoms with Crippen molar-refractivity contribution in [2.24, 2.45) is 5.14 Å². The number of nitrogens with one attached hydrogen (secondary N) is 1. The smallest absolute Gasteiger partial charge is 0.300 e. The van der Waals surface area contributed by atoms with E-state index in [1.807, 2.05) is 32.0 Å². The predicted octanol–water partition coefficient (Wildman–Crippen LogP) is 1.44. The molecule has 2 heterocycles. The minimum atomic E-state index is -3.72. The summed E-state index contributed by atoms with van der Waals surface area (Å²) in [5.41, 5.74) is 3.77. The number of rotatable bonds is 8. The van der Waals surface area contributed by atoms with Gasteiger partial charge in [0, 0.05) is 37.5 Å². The second-order valence-corrected chi connectivity index (χ2v) is 9.90. The third-order valence-electron chi connectivity index (χ3n) is 5.87. The van der Waals surface area contributed by atoms with Crippen molar-refractivity contribution in [2.45, 2.75) is 38.0 Å². The highest BCUT2D eigenvalue weighted by Crippen LogP contribution is 2.13. The Bertz CT molecular complexity index is 1560. The molecule has 2 aromatic heterocycles. The number of carbonyl (C=O) groups is 1. The topological polar surface area (TPSA) is 141 Å². The Morgan fingerprint density at radius 3 is 2.43 bits per heavy atom. The number of sulfonamides is 1. The number of carbonyl (C=O) groups excluding carboxylic acids is 1. The fourth-order valence-corrected chi connectivity index (χ4v) is 4.21. The molecular weight excluding hydrogens is 468 g/mol. The number of hydrogen-bond acceptors (Lipinski definition) is 6. The minimum Gasteiger partial charge on any atom is -0.356 e. The Morgan fingerprint density at radius 1 is 1.00 bits per heavy atom. The van der Waals surface area contributed by atoms with E-state index in [-0.39, 0.29) is 28.4 Å². The second-order valence-electron chi connectivity index (χ2n) is 8.34. The number of primary sulfonamides is 1. The number of benzene rings is 2. The van der Waals surface area contributed by atoms with Crippen LogP contribution in [0.25, 0.3) is 11.3 Å². The molecule has 0 saturated heterocycles. The van der Waals surface area contributed by atoms with Gasteiger partial charge >= 0.3 is 5.56 Å². The van der Waals surface area contributed by atoms with Crippen molar-refractivity contribution in [1.29, 1.82) is 0 Å². The molecule has 0 fully saturated rings. The van der Waals surface area contributed by atoms with Crippen molar-refractivity contribution in [1.82, 2.24) is 24.5 Å². The van der Waals surface area contributed by atoms with Gasteiger partial charge in [-0.3, -0.25) is 18.6 Å². The van der Waals surface area contributed by atoms with Crippen LogP contribution in [0.1, 0.15) is 28.9 Å². The standard InChI is InChI=1S/C24H26N6O4S/c1-16-3-6-19(15-17(16)2)29-13-14-30-21(27-28-23(30)24(29)32)9-10-22(31)26-12-11-18-4-7-20(8-5-18)35(25,33)34/h3-8,13-15H,9-12H2,1-2H3,(H,26,31)(H2,25,33,34). The minimum absolute atomic E-state index is 0.0477. The molecule has 11 heteroatoms. The molecule has 0 aliphatic heterocycles. The first-order chi connectivity index (χ1) is 16.6. The monoisotopic (exact) mass is 494 g/mol. The zero-order valence-electron chi connectivity index (χ0n) is 19.4. The number of nitrogens with two attached hydrogens (primary N) is 1. The Labute approximate surface area is 202 Å². The zero-order chi connectivity index (χ0) is 25.2. The average molecular weight is 495 g/mol. The van der Waals surface area contributed by atoms with Crippen LogP contribution in [0.2, 0.25) is 0 Å². The summed E-state index contributed by atoms with van der Waals surface area (Å²) in [6.07, 6.45) is 4.45. The molecule has 10 nitrogen and oxygen atoms in total. The summed E-state index contributed by atoms with van der Waals surface area (Å²) in [4.78, 5) is 25.3. The highest BCUT2D eigenvalue weighted by molar-refractivity contribution is 7.89. The number of amides is 1. The number of hydrogen-bond donors (Lipinski definition) is 2. The molecule has 0 aliphatic rings. The molecule has 0 radical (unpaired) electrons. The summed E-state index contributed by atoms with van der Waals surface area (Å²) in [6.45, 7) is 4.40. The maximum Gasteiger partial charge on any atom is 0.300 e. The molecule has 0 unspecified atom stereocenters. The van der Waals surface area contributed by atoms with Gasteiger partial charge in [-0.15, -0.1) is 10.2 Å². The van der Waals surface area contributed by atoms with E-state index in [1.54, 1.807) is 28.9 Å². The Kier molecular flexibility index (Phi) is 6.81. The summed E-state index contributed by atoms with van der Waals surface area (Å²) >= 11 is 0. The van der Waals surface area contributed by atoms with Gasteiger partial charge in [0.2, 0.25) is 21.6 Å². The van der Waals surface area contributed by atoms with Crippen molar-refractivity contribution >= 4 is 21.6 Å². The van der Waals surface area contributed by atoms with Crippen LogP contribution in [0.15, 0.2) is 64.5 Å². The van der Waals surface area contributed by atoms with Gasteiger partial charge in [0.05, 0.1) is 4.90 Å². The molecule has 35 heavy (non-hydrogen) atoms. The van der Waals surface area contributed by atoms with Crippen LogP contribution >= 0.6 is 0 Å². The summed E-state index contributed by atoms with van der Waals surface area (Å²) in [6, 6.07) is 12.0. The van der Waals surface area contributed by atoms with Crippen molar-refractivity contribution < 1.29 is 13.2 Å². The van der Waals surface area contributed by atoms with E-state index < -0.39 is 10.0 Å². The fourth-order valence-electron chi connectivity index (χ4n) is 3.69. The van der Waals surface area contributed by atoms with E-state index >= 15 is 0 Å². The number of aryl methyl sites for hydroxylation is 3. The zero-order valence-corrected chi connectivity index (χ0v) is 20.2. The van der Waals surface area contributed by atoms with Gasteiger partial charge in [-0.1, -0.05) is 18.2 Å². The summed E-state index contributed by atoms with van der Waals surface area (Å²) in [5, 5.41) is 16.1. The van der Waals surface area contributed by atoms with Crippen LogP contribution in [-0.4, -0.2) is 40.0 Å². The average Bonchev–Trinajstić information content (AvgIpc) is 3.24. The third kappa shape index (κ3) is 5.47. The van der Waals surface area contributed by atoms with Gasteiger partial charge in [-0.25, -0.2) is 13.6 Å². The lowest BCUT2D eigenvalue weighted by Crippen LogP contribution is -2.26. The quantitative estimate of drug-likeness (QED) is 0.380. The van der Waals surface area contributed by atoms with Crippen molar-refractivity contribution in [3.05, 3.63) is 87.7 Å². The van der Waals surface area contributed by atoms with Crippen LogP contribution in [0, 0.1) is 13.8 Å². The predicted molar refractivity (Wildman–Crippen MR) is 131 cm³/mol. The van der Waals surface area contributed by atoms with E-state index in [4.69, 9.17) is 5.14 Å². The van der Waals surface area contributed by atoms with Gasteiger partial charge < -0.3 is 5.32 Å². The first-order valence-electron chi connectivity index (χ1n) is 11.0. The molecule has 182 valence electrons. The summed E-state index contributed by atoms with van der Waals surface area (Å²) in [5.74, 6) is 0.365. The molecule has 3 N–H and O–H groups in total. The molecule has 2 aromatic carbocycles. The van der Waals surface area contributed by atoms with Crippen molar-refractivity contribution in [2.75, 3.05) is 6.54 Å². The molecule has 1 amide bonds. The van der Waals surface area contributed by atoms with Crippen LogP contribution in [-0.2, 0) is 27.7 Å². The molecular formula is C24H26N6O4S. The van der Waals surface area contributed by atoms with Crippen LogP contribution < -0.4 is 16.0 Å². The first kappa shape index (κ1) is 24.3. The van der Waals surface area contributed by atoms with Crippen molar-refractivity contribution in [3.63, 3.8) is 0 Å². The fraction of sp³-hybridized carbons (Fsp3) is 0.250. The van der Waals surface area contributed by atoms with E-state index in [0.717, 1.165) is 22.4 Å². The highest BCUT2D eigenvalue weighted by Gasteiger charge is 2.13. The van der Waals surface area contributed by atoms with Gasteiger partial charge in [0.25, 0.3) is 0 Å². The SMILES string of the molecule is Cc1ccc(-n2ccn3c(CCC(=O)NCCc4ccc(S(N)(=O)=O)cc4)nnc3c2=O)cc1C. The molecule has 0 aliphatic carbocycles. The van der Waals surface area contributed by atoms with Crippen LogP contribution in [0.4, 0.5) is 0 Å². The van der Waals surface area contributed by atoms with Gasteiger partial charge in [-0.2, -0.15) is 0 Å². The molecule has 0 saturated carbocycles. The second kappa shape index (κ2) is 9.80. The van der Waals surface area contributed by atoms with E-state index in [1.165, 1.54) is 16.7 Å². The normalized spacial score (nSPS) is 11.6. The summed E-state index contributed by atoms with van der Waals surface area (Å²) < 4.78 is 25.8. The first-order valence-corrected chi connectivity index (χ1v) is 12.6. The lowest BCUT2D eigenvalue weighted by molar-refractivity contribution is -0.121. The Hall–Kier alpha value is -3.83. The van der Waals surface area contributed by atoms with Crippen molar-refractivity contribution in [3.8, 4) is 5.69 Å². The number of aromatic nitrogens is 4. The van der Waals surface area contributed by atoms with Crippen LogP contribution in [0.5, 0.6) is 0 Å². The lowest BCUT2D eigenvalue weighted by Gasteiger charge is -2.09. The molecule has 0 atom stereocenters. The van der Waals surface area contributed by atoms with Gasteiger partial charge in [0.15, 0.2) is 0 Å².